The van der Waals surface area contributed by atoms with Gasteiger partial charge < -0.3 is 15.5 Å². The van der Waals surface area contributed by atoms with Gasteiger partial charge in [-0.05, 0) is 50.5 Å². The van der Waals surface area contributed by atoms with Gasteiger partial charge in [-0.3, -0.25) is 14.4 Å². The van der Waals surface area contributed by atoms with E-state index in [0.29, 0.717) is 11.3 Å². The largest absolute Gasteiger partial charge is 0.351 e. The number of amides is 3. The van der Waals surface area contributed by atoms with E-state index in [4.69, 9.17) is 0 Å². The lowest BCUT2D eigenvalue weighted by Crippen LogP contribution is -2.31. The highest BCUT2D eigenvalue weighted by Gasteiger charge is 2.33. The molecule has 3 amide bonds. The number of hydrogen-bond acceptors (Lipinski definition) is 5. The summed E-state index contributed by atoms with van der Waals surface area (Å²) in [6, 6.07) is 6.86. The Balaban J connectivity index is 1.50. The van der Waals surface area contributed by atoms with Gasteiger partial charge in [0, 0.05) is 36.8 Å². The molecule has 0 bridgehead atoms. The van der Waals surface area contributed by atoms with Crippen LogP contribution in [0, 0.1) is 0 Å². The summed E-state index contributed by atoms with van der Waals surface area (Å²) in [5.41, 5.74) is 1.14. The molecule has 7 nitrogen and oxygen atoms in total. The Morgan fingerprint density at radius 1 is 1.25 bits per heavy atom. The maximum absolute atomic E-state index is 12.3. The number of anilines is 1. The first-order valence-corrected chi connectivity index (χ1v) is 10.6. The average molecular weight is 403 g/mol. The van der Waals surface area contributed by atoms with Gasteiger partial charge in [-0.1, -0.05) is 18.7 Å². The zero-order valence-electron chi connectivity index (χ0n) is 16.2. The van der Waals surface area contributed by atoms with Crippen LogP contribution in [0.5, 0.6) is 0 Å². The van der Waals surface area contributed by atoms with Crippen molar-refractivity contribution >= 4 is 40.3 Å². The van der Waals surface area contributed by atoms with Gasteiger partial charge in [0.15, 0.2) is 5.17 Å². The number of thioether (sulfide) groups is 1. The lowest BCUT2D eigenvalue weighted by molar-refractivity contribution is -0.121. The van der Waals surface area contributed by atoms with Gasteiger partial charge in [0.05, 0.1) is 0 Å². The van der Waals surface area contributed by atoms with Crippen LogP contribution in [0.2, 0.25) is 0 Å². The van der Waals surface area contributed by atoms with Gasteiger partial charge in [-0.15, -0.1) is 0 Å². The summed E-state index contributed by atoms with van der Waals surface area (Å²) >= 11 is 1.38. The van der Waals surface area contributed by atoms with Gasteiger partial charge in [0.1, 0.15) is 5.25 Å². The average Bonchev–Trinajstić information content (AvgIpc) is 3.32. The van der Waals surface area contributed by atoms with Crippen molar-refractivity contribution < 1.29 is 14.4 Å². The lowest BCUT2D eigenvalue weighted by atomic mass is 10.1. The van der Waals surface area contributed by atoms with Gasteiger partial charge in [0.2, 0.25) is 5.91 Å². The number of nitrogens with one attached hydrogen (secondary N) is 2. The van der Waals surface area contributed by atoms with E-state index in [1.54, 1.807) is 24.3 Å². The molecule has 1 aromatic rings. The summed E-state index contributed by atoms with van der Waals surface area (Å²) in [6.45, 7) is 5.81. The van der Waals surface area contributed by atoms with Gasteiger partial charge in [-0.2, -0.15) is 4.99 Å². The van der Waals surface area contributed by atoms with E-state index in [2.05, 4.69) is 20.5 Å². The summed E-state index contributed by atoms with van der Waals surface area (Å²) in [5, 5.41) is 5.98. The normalized spacial score (nSPS) is 20.1. The fraction of sp³-hybridized carbons (Fsp3) is 0.500. The van der Waals surface area contributed by atoms with Crippen LogP contribution in [0.3, 0.4) is 0 Å². The molecule has 1 saturated heterocycles. The highest BCUT2D eigenvalue weighted by atomic mass is 32.2. The summed E-state index contributed by atoms with van der Waals surface area (Å²) < 4.78 is 0. The third kappa shape index (κ3) is 5.13. The molecular weight excluding hydrogens is 376 g/mol. The van der Waals surface area contributed by atoms with Crippen molar-refractivity contribution in [1.29, 1.82) is 0 Å². The molecule has 0 unspecified atom stereocenters. The summed E-state index contributed by atoms with van der Waals surface area (Å²) in [6.07, 6.45) is 3.18. The number of carbonyl (C=O) groups is 3. The molecule has 3 rings (SSSR count). The SMILES string of the molecule is CC[C@@H](C)NC(=O)c1ccc(NC(=O)C[C@H]2SC(N3CCCC3)=NC2=O)cc1. The van der Waals surface area contributed by atoms with Gasteiger partial charge in [0.25, 0.3) is 11.8 Å². The Morgan fingerprint density at radius 2 is 1.93 bits per heavy atom. The fourth-order valence-corrected chi connectivity index (χ4v) is 4.16. The summed E-state index contributed by atoms with van der Waals surface area (Å²) in [5.74, 6) is -0.605. The molecule has 8 heteroatoms. The number of hydrogen-bond donors (Lipinski definition) is 2. The Hall–Kier alpha value is -2.35. The topological polar surface area (TPSA) is 90.9 Å². The number of nitrogens with zero attached hydrogens (tertiary/aromatic N) is 2. The Morgan fingerprint density at radius 3 is 2.57 bits per heavy atom. The van der Waals surface area contributed by atoms with Crippen molar-refractivity contribution in [3.63, 3.8) is 0 Å². The second-order valence-corrected chi connectivity index (χ2v) is 8.32. The lowest BCUT2D eigenvalue weighted by Gasteiger charge is -2.16. The molecule has 28 heavy (non-hydrogen) atoms. The van der Waals surface area contributed by atoms with Gasteiger partial charge >= 0.3 is 0 Å². The first-order chi connectivity index (χ1) is 13.5. The highest BCUT2D eigenvalue weighted by molar-refractivity contribution is 8.15. The van der Waals surface area contributed by atoms with Crippen LogP contribution in [0.25, 0.3) is 0 Å². The molecule has 2 atom stereocenters. The minimum absolute atomic E-state index is 0.0839. The van der Waals surface area contributed by atoms with Crippen molar-refractivity contribution in [1.82, 2.24) is 10.2 Å². The van der Waals surface area contributed by atoms with E-state index in [1.165, 1.54) is 11.8 Å². The Labute approximate surface area is 169 Å². The molecule has 2 heterocycles. The first kappa shape index (κ1) is 20.4. The second-order valence-electron chi connectivity index (χ2n) is 7.15. The predicted octanol–water partition coefficient (Wildman–Crippen LogP) is 2.64. The van der Waals surface area contributed by atoms with E-state index in [1.807, 2.05) is 13.8 Å². The smallest absolute Gasteiger partial charge is 0.262 e. The zero-order valence-corrected chi connectivity index (χ0v) is 17.1. The fourth-order valence-electron chi connectivity index (χ4n) is 3.05. The maximum atomic E-state index is 12.3. The molecule has 1 aromatic carbocycles. The maximum Gasteiger partial charge on any atom is 0.262 e. The van der Waals surface area contributed by atoms with Gasteiger partial charge in [-0.25, -0.2) is 0 Å². The van der Waals surface area contributed by atoms with Crippen molar-refractivity contribution in [3.8, 4) is 0 Å². The van der Waals surface area contributed by atoms with E-state index in [9.17, 15) is 14.4 Å². The Kier molecular flexibility index (Phi) is 6.72. The van der Waals surface area contributed by atoms with Crippen LogP contribution >= 0.6 is 11.8 Å². The molecule has 0 aromatic heterocycles. The molecule has 2 N–H and O–H groups in total. The molecule has 0 aliphatic carbocycles. The molecule has 0 spiro atoms. The van der Waals surface area contributed by atoms with E-state index < -0.39 is 5.25 Å². The Bertz CT molecular complexity index is 772. The van der Waals surface area contributed by atoms with E-state index in [0.717, 1.165) is 37.5 Å². The van der Waals surface area contributed by atoms with Crippen molar-refractivity contribution in [2.75, 3.05) is 18.4 Å². The third-order valence-electron chi connectivity index (χ3n) is 4.90. The molecular formula is C20H26N4O3S. The van der Waals surface area contributed by atoms with Crippen LogP contribution in [-0.2, 0) is 9.59 Å². The minimum atomic E-state index is -0.462. The molecule has 150 valence electrons. The van der Waals surface area contributed by atoms with Crippen molar-refractivity contribution in [2.45, 2.75) is 50.8 Å². The first-order valence-electron chi connectivity index (χ1n) is 9.71. The molecule has 2 aliphatic heterocycles. The summed E-state index contributed by atoms with van der Waals surface area (Å²) in [7, 11) is 0. The van der Waals surface area contributed by atoms with Crippen LogP contribution in [0.4, 0.5) is 5.69 Å². The second kappa shape index (κ2) is 9.23. The number of amidine groups is 1. The minimum Gasteiger partial charge on any atom is -0.351 e. The number of aliphatic imine (C=N–C) groups is 1. The predicted molar refractivity (Wildman–Crippen MR) is 112 cm³/mol. The zero-order chi connectivity index (χ0) is 20.1. The summed E-state index contributed by atoms with van der Waals surface area (Å²) in [4.78, 5) is 42.8. The van der Waals surface area contributed by atoms with E-state index in [-0.39, 0.29) is 30.2 Å². The standard InChI is InChI=1S/C20H26N4O3S/c1-3-13(2)21-18(26)14-6-8-15(9-7-14)22-17(25)12-16-19(27)23-20(28-16)24-10-4-5-11-24/h6-9,13,16H,3-5,10-12H2,1-2H3,(H,21,26)(H,22,25)/t13-,16-/m1/s1. The molecule has 1 fully saturated rings. The third-order valence-corrected chi connectivity index (χ3v) is 6.11. The number of rotatable bonds is 6. The number of benzene rings is 1. The number of likely N-dealkylation sites (tertiary alicyclic amines) is 1. The molecule has 0 radical (unpaired) electrons. The van der Waals surface area contributed by atoms with Crippen molar-refractivity contribution in [3.05, 3.63) is 29.8 Å². The van der Waals surface area contributed by atoms with Crippen LogP contribution in [0.1, 0.15) is 49.9 Å². The quantitative estimate of drug-likeness (QED) is 0.763. The van der Waals surface area contributed by atoms with Crippen LogP contribution in [0.15, 0.2) is 29.3 Å². The number of carbonyl (C=O) groups excluding carboxylic acids is 3. The molecule has 0 saturated carbocycles. The van der Waals surface area contributed by atoms with Crippen LogP contribution < -0.4 is 10.6 Å². The highest BCUT2D eigenvalue weighted by Crippen LogP contribution is 2.29. The monoisotopic (exact) mass is 402 g/mol. The molecule has 2 aliphatic rings. The van der Waals surface area contributed by atoms with Crippen LogP contribution in [-0.4, -0.2) is 52.2 Å². The van der Waals surface area contributed by atoms with Crippen molar-refractivity contribution in [2.24, 2.45) is 4.99 Å². The van der Waals surface area contributed by atoms with E-state index >= 15 is 0 Å².